The lowest BCUT2D eigenvalue weighted by atomic mass is 10.1. The van der Waals surface area contributed by atoms with Gasteiger partial charge in [0.25, 0.3) is 0 Å². The topological polar surface area (TPSA) is 146 Å². The van der Waals surface area contributed by atoms with E-state index in [2.05, 4.69) is 11.9 Å². The minimum Gasteiger partial charge on any atom is -0.394 e. The Morgan fingerprint density at radius 3 is 2.77 bits per heavy atom. The third-order valence-electron chi connectivity index (χ3n) is 4.11. The van der Waals surface area contributed by atoms with Crippen molar-refractivity contribution in [1.82, 2.24) is 9.55 Å². The first kappa shape index (κ1) is 20.9. The van der Waals surface area contributed by atoms with Crippen molar-refractivity contribution in [3.63, 3.8) is 0 Å². The highest BCUT2D eigenvalue weighted by atomic mass is 31.1. The second-order valence-electron chi connectivity index (χ2n) is 5.99. The first-order chi connectivity index (χ1) is 12.5. The van der Waals surface area contributed by atoms with Crippen molar-refractivity contribution >= 4 is 14.1 Å². The summed E-state index contributed by atoms with van der Waals surface area (Å²) >= 11 is 0. The zero-order valence-electron chi connectivity index (χ0n) is 14.6. The minimum atomic E-state index is -2.94. The van der Waals surface area contributed by atoms with Crippen LogP contribution < -0.4 is 11.4 Å². The molecule has 1 aliphatic heterocycles. The molecule has 2 unspecified atom stereocenters. The highest BCUT2D eigenvalue weighted by Gasteiger charge is 2.51. The third kappa shape index (κ3) is 5.29. The summed E-state index contributed by atoms with van der Waals surface area (Å²) in [4.78, 5) is 24.9. The molecule has 4 N–H and O–H groups in total. The molecule has 0 aliphatic carbocycles. The van der Waals surface area contributed by atoms with Crippen molar-refractivity contribution in [2.24, 2.45) is 0 Å². The van der Waals surface area contributed by atoms with E-state index in [1.807, 2.05) is 0 Å². The summed E-state index contributed by atoms with van der Waals surface area (Å²) in [6.07, 6.45) is 1.56. The molecular weight excluding hydrogens is 365 g/mol. The highest BCUT2D eigenvalue weighted by molar-refractivity contribution is 7.32. The molecule has 10 nitrogen and oxygen atoms in total. The van der Waals surface area contributed by atoms with Gasteiger partial charge in [0.05, 0.1) is 6.61 Å². The number of aliphatic hydroxyl groups excluding tert-OH is 1. The molecule has 11 heteroatoms. The van der Waals surface area contributed by atoms with Crippen LogP contribution in [-0.2, 0) is 18.6 Å². The van der Waals surface area contributed by atoms with Crippen LogP contribution in [0.25, 0.3) is 0 Å². The van der Waals surface area contributed by atoms with Crippen molar-refractivity contribution < 1.29 is 28.6 Å². The van der Waals surface area contributed by atoms with Gasteiger partial charge in [-0.25, -0.2) is 4.79 Å². The number of aliphatic hydroxyl groups is 1. The average molecular weight is 390 g/mol. The molecule has 1 saturated heterocycles. The number of hydrogen-bond donors (Lipinski definition) is 3. The first-order valence-electron chi connectivity index (χ1n) is 8.53. The summed E-state index contributed by atoms with van der Waals surface area (Å²) in [5.41, 5.74) is 4.85. The van der Waals surface area contributed by atoms with Gasteiger partial charge in [0, 0.05) is 17.4 Å². The second-order valence-corrected chi connectivity index (χ2v) is 6.68. The molecular formula is C15H25N3O7P+. The lowest BCUT2D eigenvalue weighted by Crippen LogP contribution is -2.39. The molecule has 5 atom stereocenters. The summed E-state index contributed by atoms with van der Waals surface area (Å²) in [7, 11) is -2.94. The van der Waals surface area contributed by atoms with Crippen molar-refractivity contribution in [2.75, 3.05) is 18.9 Å². The van der Waals surface area contributed by atoms with Crippen molar-refractivity contribution in [1.29, 1.82) is 0 Å². The largest absolute Gasteiger partial charge is 0.695 e. The van der Waals surface area contributed by atoms with Crippen LogP contribution in [0, 0.1) is 0 Å². The predicted octanol–water partition coefficient (Wildman–Crippen LogP) is 0.716. The third-order valence-corrected chi connectivity index (χ3v) is 4.53. The van der Waals surface area contributed by atoms with E-state index >= 15 is 0 Å². The average Bonchev–Trinajstić information content (AvgIpc) is 2.91. The van der Waals surface area contributed by atoms with Gasteiger partial charge in [-0.3, -0.25) is 4.57 Å². The fourth-order valence-electron chi connectivity index (χ4n) is 2.86. The van der Waals surface area contributed by atoms with Crippen molar-refractivity contribution in [2.45, 2.75) is 57.1 Å². The Hall–Kier alpha value is -1.42. The van der Waals surface area contributed by atoms with Crippen LogP contribution >= 0.6 is 8.25 Å². The van der Waals surface area contributed by atoms with Gasteiger partial charge in [0.1, 0.15) is 18.0 Å². The van der Waals surface area contributed by atoms with Crippen LogP contribution in [-0.4, -0.2) is 51.1 Å². The maximum atomic E-state index is 12.1. The minimum absolute atomic E-state index is 0.0613. The Morgan fingerprint density at radius 1 is 1.38 bits per heavy atom. The van der Waals surface area contributed by atoms with Gasteiger partial charge in [-0.2, -0.15) is 4.98 Å². The van der Waals surface area contributed by atoms with E-state index < -0.39 is 45.1 Å². The Kier molecular flexibility index (Phi) is 8.08. The Balaban J connectivity index is 2.21. The molecule has 0 bridgehead atoms. The number of unbranched alkanes of at least 4 members (excludes halogenated alkanes) is 3. The molecule has 0 spiro atoms. The first-order valence-corrected chi connectivity index (χ1v) is 9.66. The van der Waals surface area contributed by atoms with Crippen molar-refractivity contribution in [3.8, 4) is 0 Å². The number of nitrogen functional groups attached to an aromatic ring is 1. The van der Waals surface area contributed by atoms with E-state index in [4.69, 9.17) is 24.6 Å². The molecule has 0 amide bonds. The lowest BCUT2D eigenvalue weighted by molar-refractivity contribution is -0.0743. The van der Waals surface area contributed by atoms with E-state index in [0.29, 0.717) is 6.61 Å². The van der Waals surface area contributed by atoms with Gasteiger partial charge < -0.3 is 20.3 Å². The Bertz CT molecular complexity index is 656. The molecule has 26 heavy (non-hydrogen) atoms. The molecule has 0 radical (unpaired) electrons. The molecule has 146 valence electrons. The van der Waals surface area contributed by atoms with Crippen LogP contribution in [0.5, 0.6) is 0 Å². The molecule has 1 aromatic heterocycles. The summed E-state index contributed by atoms with van der Waals surface area (Å²) in [6.45, 7) is 1.99. The number of anilines is 1. The van der Waals surface area contributed by atoms with Crippen LogP contribution in [0.3, 0.4) is 0 Å². The predicted molar refractivity (Wildman–Crippen MR) is 92.5 cm³/mol. The van der Waals surface area contributed by atoms with Crippen LogP contribution in [0.4, 0.5) is 5.82 Å². The van der Waals surface area contributed by atoms with Gasteiger partial charge in [0.2, 0.25) is 0 Å². The number of nitrogens with zero attached hydrogens (tertiary/aromatic N) is 2. The maximum Gasteiger partial charge on any atom is 0.695 e. The quantitative estimate of drug-likeness (QED) is 0.388. The summed E-state index contributed by atoms with van der Waals surface area (Å²) < 4.78 is 28.8. The van der Waals surface area contributed by atoms with E-state index in [1.54, 1.807) is 0 Å². The highest BCUT2D eigenvalue weighted by Crippen LogP contribution is 2.37. The van der Waals surface area contributed by atoms with Gasteiger partial charge >= 0.3 is 13.9 Å². The molecule has 1 fully saturated rings. The molecule has 0 saturated carbocycles. The second kappa shape index (κ2) is 10.1. The summed E-state index contributed by atoms with van der Waals surface area (Å²) in [6, 6.07) is 1.43. The van der Waals surface area contributed by atoms with Crippen LogP contribution in [0.15, 0.2) is 17.1 Å². The Morgan fingerprint density at radius 2 is 2.15 bits per heavy atom. The zero-order chi connectivity index (χ0) is 19.1. The number of hydrogen-bond acceptors (Lipinski definition) is 8. The van der Waals surface area contributed by atoms with E-state index in [9.17, 15) is 14.5 Å². The van der Waals surface area contributed by atoms with Crippen molar-refractivity contribution in [3.05, 3.63) is 22.7 Å². The van der Waals surface area contributed by atoms with Gasteiger partial charge in [0.15, 0.2) is 12.3 Å². The number of ether oxygens (including phenoxy) is 2. The van der Waals surface area contributed by atoms with Gasteiger partial charge in [-0.1, -0.05) is 26.2 Å². The SMILES string of the molecule is CCCCCCOC1[C@@H](O[P+](=O)O)[C@@H](CO)O[C@H]1n1ccc(N)nc1=O. The molecule has 1 aliphatic rings. The van der Waals surface area contributed by atoms with Crippen LogP contribution in [0.1, 0.15) is 38.8 Å². The van der Waals surface area contributed by atoms with E-state index in [0.717, 1.165) is 25.7 Å². The molecule has 2 heterocycles. The normalized spacial score (nSPS) is 26.2. The van der Waals surface area contributed by atoms with E-state index in [1.165, 1.54) is 16.8 Å². The monoisotopic (exact) mass is 390 g/mol. The lowest BCUT2D eigenvalue weighted by Gasteiger charge is -2.22. The number of rotatable bonds is 10. The number of nitrogens with two attached hydrogens (primary N) is 1. The van der Waals surface area contributed by atoms with Gasteiger partial charge in [-0.05, 0) is 12.5 Å². The fourth-order valence-corrected chi connectivity index (χ4v) is 3.32. The summed E-state index contributed by atoms with van der Waals surface area (Å²) in [5, 5.41) is 9.53. The van der Waals surface area contributed by atoms with Gasteiger partial charge in [-0.15, -0.1) is 9.42 Å². The number of aromatic nitrogens is 2. The smallest absolute Gasteiger partial charge is 0.394 e. The van der Waals surface area contributed by atoms with Crippen LogP contribution in [0.2, 0.25) is 0 Å². The Labute approximate surface area is 151 Å². The fraction of sp³-hybridized carbons (Fsp3) is 0.733. The zero-order valence-corrected chi connectivity index (χ0v) is 15.5. The maximum absolute atomic E-state index is 12.1. The standard InChI is InChI=1S/C15H24N3O7P/c1-2-3-4-5-8-23-13-12(25-26(21)22)10(9-19)24-14(13)18-7-6-11(16)17-15(18)20/h6-7,10,12-14,19H,2-5,8-9H2,1H3,(H2-,16,17,20,21,22)/p+1/t10-,12+,13?,14-/m1/s1. The molecule has 2 rings (SSSR count). The summed E-state index contributed by atoms with van der Waals surface area (Å²) in [5.74, 6) is 0.0613. The molecule has 0 aromatic carbocycles. The molecule has 1 aromatic rings. The van der Waals surface area contributed by atoms with E-state index in [-0.39, 0.29) is 5.82 Å².